The Labute approximate surface area is 116 Å². The summed E-state index contributed by atoms with van der Waals surface area (Å²) in [4.78, 5) is 2.57. The zero-order valence-electron chi connectivity index (χ0n) is 12.5. The van der Waals surface area contributed by atoms with E-state index >= 15 is 0 Å². The van der Waals surface area contributed by atoms with Gasteiger partial charge in [-0.2, -0.15) is 0 Å². The minimum Gasteiger partial charge on any atom is -0.496 e. The van der Waals surface area contributed by atoms with Crippen molar-refractivity contribution < 1.29 is 4.74 Å². The molecule has 1 aromatic rings. The average molecular weight is 262 g/mol. The number of nitrogens with two attached hydrogens (primary N) is 1. The Balaban J connectivity index is 2.33. The molecule has 0 aromatic heterocycles. The van der Waals surface area contributed by atoms with Crippen LogP contribution in [-0.4, -0.2) is 31.1 Å². The summed E-state index contributed by atoms with van der Waals surface area (Å²) in [5, 5.41) is 0. The van der Waals surface area contributed by atoms with E-state index in [-0.39, 0.29) is 0 Å². The minimum absolute atomic E-state index is 0.453. The molecule has 0 saturated carbocycles. The Kier molecular flexibility index (Phi) is 4.48. The number of methoxy groups -OCH3 is 1. The van der Waals surface area contributed by atoms with Crippen LogP contribution < -0.4 is 10.5 Å². The SMILES string of the molecule is COc1ccc(C2C(CN)CCN2C(C)C)cc1C. The van der Waals surface area contributed by atoms with Crippen LogP contribution in [0.2, 0.25) is 0 Å². The quantitative estimate of drug-likeness (QED) is 0.906. The normalized spacial score (nSPS) is 24.1. The predicted molar refractivity (Wildman–Crippen MR) is 79.5 cm³/mol. The van der Waals surface area contributed by atoms with E-state index in [1.165, 1.54) is 17.5 Å². The molecule has 3 heteroatoms. The van der Waals surface area contributed by atoms with Crippen molar-refractivity contribution in [3.8, 4) is 5.75 Å². The van der Waals surface area contributed by atoms with Gasteiger partial charge in [-0.05, 0) is 63.4 Å². The van der Waals surface area contributed by atoms with Crippen LogP contribution in [0, 0.1) is 12.8 Å². The van der Waals surface area contributed by atoms with Gasteiger partial charge < -0.3 is 10.5 Å². The standard InChI is InChI=1S/C16H26N2O/c1-11(2)18-8-7-14(10-17)16(18)13-5-6-15(19-4)12(3)9-13/h5-6,9,11,14,16H,7-8,10,17H2,1-4H3. The highest BCUT2D eigenvalue weighted by molar-refractivity contribution is 5.38. The maximum Gasteiger partial charge on any atom is 0.121 e. The van der Waals surface area contributed by atoms with Crippen molar-refractivity contribution in [3.05, 3.63) is 29.3 Å². The molecule has 3 nitrogen and oxygen atoms in total. The lowest BCUT2D eigenvalue weighted by molar-refractivity contribution is 0.184. The minimum atomic E-state index is 0.453. The zero-order valence-corrected chi connectivity index (χ0v) is 12.5. The summed E-state index contributed by atoms with van der Waals surface area (Å²) < 4.78 is 5.35. The van der Waals surface area contributed by atoms with Gasteiger partial charge in [0, 0.05) is 12.1 Å². The molecule has 2 unspecified atom stereocenters. The van der Waals surface area contributed by atoms with Gasteiger partial charge in [0.05, 0.1) is 7.11 Å². The largest absolute Gasteiger partial charge is 0.496 e. The molecular weight excluding hydrogens is 236 g/mol. The average Bonchev–Trinajstić information content (AvgIpc) is 2.82. The molecule has 1 heterocycles. The van der Waals surface area contributed by atoms with Crippen molar-refractivity contribution in [3.63, 3.8) is 0 Å². The number of nitrogens with zero attached hydrogens (tertiary/aromatic N) is 1. The summed E-state index contributed by atoms with van der Waals surface area (Å²) in [6.07, 6.45) is 1.20. The van der Waals surface area contributed by atoms with Crippen LogP contribution in [0.4, 0.5) is 0 Å². The summed E-state index contributed by atoms with van der Waals surface area (Å²) in [5.41, 5.74) is 8.54. The summed E-state index contributed by atoms with van der Waals surface area (Å²) >= 11 is 0. The van der Waals surface area contributed by atoms with Gasteiger partial charge in [0.15, 0.2) is 0 Å². The van der Waals surface area contributed by atoms with Crippen molar-refractivity contribution >= 4 is 0 Å². The Morgan fingerprint density at radius 3 is 2.68 bits per heavy atom. The third-order valence-corrected chi connectivity index (χ3v) is 4.29. The van der Waals surface area contributed by atoms with Gasteiger partial charge in [0.25, 0.3) is 0 Å². The van der Waals surface area contributed by atoms with E-state index in [2.05, 4.69) is 43.9 Å². The van der Waals surface area contributed by atoms with E-state index in [0.717, 1.165) is 18.8 Å². The van der Waals surface area contributed by atoms with Crippen molar-refractivity contribution in [1.82, 2.24) is 4.90 Å². The van der Waals surface area contributed by atoms with Gasteiger partial charge in [-0.25, -0.2) is 0 Å². The van der Waals surface area contributed by atoms with Gasteiger partial charge in [0.1, 0.15) is 5.75 Å². The molecule has 2 N–H and O–H groups in total. The second-order valence-electron chi connectivity index (χ2n) is 5.79. The number of hydrogen-bond donors (Lipinski definition) is 1. The number of hydrogen-bond acceptors (Lipinski definition) is 3. The lowest BCUT2D eigenvalue weighted by Gasteiger charge is -2.31. The molecule has 0 radical (unpaired) electrons. The number of rotatable bonds is 4. The summed E-state index contributed by atoms with van der Waals surface area (Å²) in [6.45, 7) is 8.55. The van der Waals surface area contributed by atoms with E-state index in [1.54, 1.807) is 7.11 Å². The monoisotopic (exact) mass is 262 g/mol. The third kappa shape index (κ3) is 2.77. The Bertz CT molecular complexity index is 431. The highest BCUT2D eigenvalue weighted by Crippen LogP contribution is 2.39. The molecule has 1 aromatic carbocycles. The zero-order chi connectivity index (χ0) is 14.0. The topological polar surface area (TPSA) is 38.5 Å². The van der Waals surface area contributed by atoms with Crippen LogP contribution in [0.1, 0.15) is 37.4 Å². The van der Waals surface area contributed by atoms with Crippen molar-refractivity contribution in [2.75, 3.05) is 20.2 Å². The number of aryl methyl sites for hydroxylation is 1. The Hall–Kier alpha value is -1.06. The molecule has 0 spiro atoms. The maximum atomic E-state index is 5.97. The second kappa shape index (κ2) is 5.93. The molecule has 1 fully saturated rings. The fourth-order valence-electron chi connectivity index (χ4n) is 3.26. The molecule has 1 aliphatic rings. The van der Waals surface area contributed by atoms with E-state index in [1.807, 2.05) is 0 Å². The first-order valence-electron chi connectivity index (χ1n) is 7.18. The summed E-state index contributed by atoms with van der Waals surface area (Å²) in [6, 6.07) is 7.54. The highest BCUT2D eigenvalue weighted by Gasteiger charge is 2.35. The first kappa shape index (κ1) is 14.4. The van der Waals surface area contributed by atoms with Crippen LogP contribution in [0.3, 0.4) is 0 Å². The van der Waals surface area contributed by atoms with Crippen LogP contribution in [0.15, 0.2) is 18.2 Å². The molecule has 0 aliphatic carbocycles. The van der Waals surface area contributed by atoms with Crippen molar-refractivity contribution in [2.45, 2.75) is 39.3 Å². The summed E-state index contributed by atoms with van der Waals surface area (Å²) in [7, 11) is 1.72. The highest BCUT2D eigenvalue weighted by atomic mass is 16.5. The first-order chi connectivity index (χ1) is 9.08. The molecule has 106 valence electrons. The van der Waals surface area contributed by atoms with Crippen LogP contribution in [0.25, 0.3) is 0 Å². The third-order valence-electron chi connectivity index (χ3n) is 4.29. The number of ether oxygens (including phenoxy) is 1. The lowest BCUT2D eigenvalue weighted by atomic mass is 9.92. The summed E-state index contributed by atoms with van der Waals surface area (Å²) in [5.74, 6) is 1.53. The van der Waals surface area contributed by atoms with Gasteiger partial charge in [-0.15, -0.1) is 0 Å². The Morgan fingerprint density at radius 1 is 1.42 bits per heavy atom. The van der Waals surface area contributed by atoms with Crippen LogP contribution in [0.5, 0.6) is 5.75 Å². The van der Waals surface area contributed by atoms with Crippen molar-refractivity contribution in [2.24, 2.45) is 11.7 Å². The van der Waals surface area contributed by atoms with Gasteiger partial charge in [0.2, 0.25) is 0 Å². The fourth-order valence-corrected chi connectivity index (χ4v) is 3.26. The molecule has 0 bridgehead atoms. The van der Waals surface area contributed by atoms with Crippen molar-refractivity contribution in [1.29, 1.82) is 0 Å². The fraction of sp³-hybridized carbons (Fsp3) is 0.625. The number of benzene rings is 1. The van der Waals surface area contributed by atoms with Crippen LogP contribution in [-0.2, 0) is 0 Å². The molecule has 1 aliphatic heterocycles. The molecule has 2 rings (SSSR count). The Morgan fingerprint density at radius 2 is 2.16 bits per heavy atom. The molecular formula is C16H26N2O. The van der Waals surface area contributed by atoms with E-state index in [0.29, 0.717) is 18.0 Å². The van der Waals surface area contributed by atoms with Gasteiger partial charge in [-0.1, -0.05) is 12.1 Å². The molecule has 1 saturated heterocycles. The molecule has 0 amide bonds. The smallest absolute Gasteiger partial charge is 0.121 e. The lowest BCUT2D eigenvalue weighted by Crippen LogP contribution is -2.33. The van der Waals surface area contributed by atoms with E-state index < -0.39 is 0 Å². The first-order valence-corrected chi connectivity index (χ1v) is 7.18. The van der Waals surface area contributed by atoms with Crippen LogP contribution >= 0.6 is 0 Å². The van der Waals surface area contributed by atoms with Gasteiger partial charge >= 0.3 is 0 Å². The predicted octanol–water partition coefficient (Wildman–Crippen LogP) is 2.73. The molecule has 2 atom stereocenters. The second-order valence-corrected chi connectivity index (χ2v) is 5.79. The molecule has 19 heavy (non-hydrogen) atoms. The van der Waals surface area contributed by atoms with Gasteiger partial charge in [-0.3, -0.25) is 4.90 Å². The maximum absolute atomic E-state index is 5.97. The number of likely N-dealkylation sites (tertiary alicyclic amines) is 1. The van der Waals surface area contributed by atoms with E-state index in [4.69, 9.17) is 10.5 Å². The van der Waals surface area contributed by atoms with E-state index in [9.17, 15) is 0 Å².